The summed E-state index contributed by atoms with van der Waals surface area (Å²) in [5.41, 5.74) is -0.548. The average Bonchev–Trinajstić information content (AvgIpc) is 3.51. The summed E-state index contributed by atoms with van der Waals surface area (Å²) in [6, 6.07) is 9.59. The fourth-order valence-electron chi connectivity index (χ4n) is 3.07. The first-order chi connectivity index (χ1) is 11.6. The van der Waals surface area contributed by atoms with Crippen LogP contribution in [0.1, 0.15) is 44.1 Å². The smallest absolute Gasteiger partial charge is 0.220 e. The van der Waals surface area contributed by atoms with Crippen molar-refractivity contribution in [2.45, 2.75) is 49.8 Å². The molecule has 0 spiro atoms. The Labute approximate surface area is 142 Å². The van der Waals surface area contributed by atoms with Gasteiger partial charge in [-0.05, 0) is 24.3 Å². The van der Waals surface area contributed by atoms with Crippen molar-refractivity contribution in [3.63, 3.8) is 0 Å². The van der Waals surface area contributed by atoms with E-state index in [2.05, 4.69) is 21.5 Å². The highest BCUT2D eigenvalue weighted by Crippen LogP contribution is 2.45. The van der Waals surface area contributed by atoms with Gasteiger partial charge in [-0.3, -0.25) is 4.79 Å². The molecule has 3 rings (SSSR count). The summed E-state index contributed by atoms with van der Waals surface area (Å²) in [4.78, 5) is 12.2. The molecule has 1 saturated carbocycles. The first-order valence-corrected chi connectivity index (χ1v) is 8.50. The Morgan fingerprint density at radius 2 is 2.04 bits per heavy atom. The van der Waals surface area contributed by atoms with Gasteiger partial charge in [-0.15, -0.1) is 12.3 Å². The summed E-state index contributed by atoms with van der Waals surface area (Å²) in [7, 11) is 0. The molecule has 1 aliphatic heterocycles. The van der Waals surface area contributed by atoms with E-state index in [1.165, 1.54) is 0 Å². The Morgan fingerprint density at radius 3 is 2.62 bits per heavy atom. The minimum atomic E-state index is -0.980. The number of nitrogens with one attached hydrogen (secondary N) is 1. The molecule has 2 N–H and O–H groups in total. The first-order valence-electron chi connectivity index (χ1n) is 8.50. The fraction of sp³-hybridized carbons (Fsp3) is 0.526. The van der Waals surface area contributed by atoms with E-state index in [1.54, 1.807) is 0 Å². The molecule has 5 nitrogen and oxygen atoms in total. The number of terminal acetylenes is 1. The second-order valence-electron chi connectivity index (χ2n) is 6.73. The van der Waals surface area contributed by atoms with Crippen molar-refractivity contribution in [3.8, 4) is 12.3 Å². The molecule has 1 aromatic rings. The van der Waals surface area contributed by atoms with Gasteiger partial charge < -0.3 is 10.4 Å². The number of benzene rings is 1. The number of nitrogens with zero attached hydrogens (tertiary/aromatic N) is 2. The maximum atomic E-state index is 12.2. The molecule has 5 heteroatoms. The second-order valence-corrected chi connectivity index (χ2v) is 6.73. The van der Waals surface area contributed by atoms with Crippen molar-refractivity contribution < 1.29 is 9.90 Å². The number of hydrogen-bond acceptors (Lipinski definition) is 4. The van der Waals surface area contributed by atoms with Crippen LogP contribution >= 0.6 is 0 Å². The number of hydrogen-bond donors (Lipinski definition) is 2. The Balaban J connectivity index is 1.50. The zero-order valence-corrected chi connectivity index (χ0v) is 13.7. The van der Waals surface area contributed by atoms with E-state index < -0.39 is 11.3 Å². The van der Waals surface area contributed by atoms with Crippen LogP contribution in [0.3, 0.4) is 0 Å². The van der Waals surface area contributed by atoms with Gasteiger partial charge in [0.2, 0.25) is 5.91 Å². The third-order valence-electron chi connectivity index (χ3n) is 4.89. The van der Waals surface area contributed by atoms with Crippen LogP contribution in [0, 0.1) is 18.3 Å². The highest BCUT2D eigenvalue weighted by atomic mass is 16.3. The molecule has 126 valence electrons. The summed E-state index contributed by atoms with van der Waals surface area (Å²) in [5, 5.41) is 22.0. The molecule has 24 heavy (non-hydrogen) atoms. The number of rotatable bonds is 9. The second kappa shape index (κ2) is 6.74. The van der Waals surface area contributed by atoms with Crippen LogP contribution in [0.15, 0.2) is 40.6 Å². The maximum Gasteiger partial charge on any atom is 0.220 e. The lowest BCUT2D eigenvalue weighted by Gasteiger charge is -2.29. The molecule has 1 atom stereocenters. The molecule has 1 unspecified atom stereocenters. The topological polar surface area (TPSA) is 74.0 Å². The lowest BCUT2D eigenvalue weighted by Crippen LogP contribution is -2.42. The average molecular weight is 325 g/mol. The standard InChI is InChI=1S/C19H23N3O2/c1-2-3-12-18(21-22-18)13-11-17(23)20-14-19(24,16-9-10-16)15-7-5-4-6-8-15/h1,4-8,16,24H,3,9-14H2,(H,20,23). The van der Waals surface area contributed by atoms with Crippen LogP contribution < -0.4 is 5.32 Å². The minimum absolute atomic E-state index is 0.0811. The van der Waals surface area contributed by atoms with E-state index in [0.29, 0.717) is 25.7 Å². The molecular formula is C19H23N3O2. The van der Waals surface area contributed by atoms with Gasteiger partial charge in [0, 0.05) is 25.7 Å². The highest BCUT2D eigenvalue weighted by molar-refractivity contribution is 5.76. The van der Waals surface area contributed by atoms with Gasteiger partial charge in [-0.1, -0.05) is 30.3 Å². The van der Waals surface area contributed by atoms with Gasteiger partial charge in [0.25, 0.3) is 0 Å². The van der Waals surface area contributed by atoms with Crippen molar-refractivity contribution in [3.05, 3.63) is 35.9 Å². The van der Waals surface area contributed by atoms with E-state index in [4.69, 9.17) is 6.42 Å². The van der Waals surface area contributed by atoms with Crippen LogP contribution in [0.4, 0.5) is 0 Å². The normalized spacial score (nSPS) is 20.0. The van der Waals surface area contributed by atoms with Crippen molar-refractivity contribution in [1.82, 2.24) is 5.32 Å². The predicted octanol–water partition coefficient (Wildman–Crippen LogP) is 2.76. The maximum absolute atomic E-state index is 12.2. The van der Waals surface area contributed by atoms with E-state index in [0.717, 1.165) is 18.4 Å². The Morgan fingerprint density at radius 1 is 1.33 bits per heavy atom. The lowest BCUT2D eigenvalue weighted by molar-refractivity contribution is -0.123. The zero-order valence-electron chi connectivity index (χ0n) is 13.7. The first kappa shape index (κ1) is 16.7. The van der Waals surface area contributed by atoms with Crippen LogP contribution in [0.25, 0.3) is 0 Å². The highest BCUT2D eigenvalue weighted by Gasteiger charge is 2.45. The molecule has 0 radical (unpaired) electrons. The minimum Gasteiger partial charge on any atom is -0.383 e. The Hall–Kier alpha value is -2.19. The molecule has 0 saturated heterocycles. The third kappa shape index (κ3) is 3.82. The van der Waals surface area contributed by atoms with Crippen LogP contribution in [0.5, 0.6) is 0 Å². The molecule has 1 aliphatic carbocycles. The van der Waals surface area contributed by atoms with Crippen molar-refractivity contribution in [2.24, 2.45) is 16.1 Å². The van der Waals surface area contributed by atoms with Gasteiger partial charge in [0.15, 0.2) is 5.66 Å². The summed E-state index contributed by atoms with van der Waals surface area (Å²) < 4.78 is 0. The van der Waals surface area contributed by atoms with E-state index in [-0.39, 0.29) is 18.4 Å². The molecule has 1 aromatic carbocycles. The van der Waals surface area contributed by atoms with Crippen molar-refractivity contribution in [2.75, 3.05) is 6.54 Å². The van der Waals surface area contributed by atoms with E-state index in [9.17, 15) is 9.90 Å². The van der Waals surface area contributed by atoms with Crippen LogP contribution in [-0.2, 0) is 10.4 Å². The molecule has 0 bridgehead atoms. The molecule has 1 fully saturated rings. The van der Waals surface area contributed by atoms with E-state index >= 15 is 0 Å². The van der Waals surface area contributed by atoms with Gasteiger partial charge >= 0.3 is 0 Å². The summed E-state index contributed by atoms with van der Waals surface area (Å²) in [6.07, 6.45) is 9.49. The summed E-state index contributed by atoms with van der Waals surface area (Å²) >= 11 is 0. The lowest BCUT2D eigenvalue weighted by atomic mass is 9.88. The number of amides is 1. The SMILES string of the molecule is C#CCCC1(CCC(=O)NCC(O)(c2ccccc2)C2CC2)N=N1. The summed E-state index contributed by atoms with van der Waals surface area (Å²) in [6.45, 7) is 0.242. The molecule has 1 amide bonds. The Bertz CT molecular complexity index is 655. The quantitative estimate of drug-likeness (QED) is 0.685. The van der Waals surface area contributed by atoms with Crippen molar-refractivity contribution >= 4 is 5.91 Å². The monoisotopic (exact) mass is 325 g/mol. The predicted molar refractivity (Wildman–Crippen MR) is 91.0 cm³/mol. The molecular weight excluding hydrogens is 302 g/mol. The summed E-state index contributed by atoms with van der Waals surface area (Å²) in [5.74, 6) is 2.72. The molecule has 1 heterocycles. The van der Waals surface area contributed by atoms with Crippen LogP contribution in [0.2, 0.25) is 0 Å². The Kier molecular flexibility index (Phi) is 4.68. The van der Waals surface area contributed by atoms with Gasteiger partial charge in [-0.25, -0.2) is 0 Å². The third-order valence-corrected chi connectivity index (χ3v) is 4.89. The number of aliphatic hydroxyl groups is 1. The number of carbonyl (C=O) groups excluding carboxylic acids is 1. The van der Waals surface area contributed by atoms with Crippen LogP contribution in [-0.4, -0.2) is 23.2 Å². The molecule has 2 aliphatic rings. The van der Waals surface area contributed by atoms with Gasteiger partial charge in [-0.2, -0.15) is 10.2 Å². The van der Waals surface area contributed by atoms with Crippen molar-refractivity contribution in [1.29, 1.82) is 0 Å². The van der Waals surface area contributed by atoms with Gasteiger partial charge in [0.1, 0.15) is 5.60 Å². The fourth-order valence-corrected chi connectivity index (χ4v) is 3.07. The van der Waals surface area contributed by atoms with Gasteiger partial charge in [0.05, 0.1) is 6.54 Å². The molecule has 0 aromatic heterocycles. The number of carbonyl (C=O) groups is 1. The van der Waals surface area contributed by atoms with E-state index in [1.807, 2.05) is 30.3 Å². The largest absolute Gasteiger partial charge is 0.383 e. The zero-order chi connectivity index (χ0) is 17.0.